The van der Waals surface area contributed by atoms with Crippen LogP contribution in [0.1, 0.15) is 0 Å². The molecule has 0 saturated carbocycles. The van der Waals surface area contributed by atoms with Gasteiger partial charge in [0, 0.05) is 0 Å². The van der Waals surface area contributed by atoms with Gasteiger partial charge in [0.1, 0.15) is 0 Å². The summed E-state index contributed by atoms with van der Waals surface area (Å²) in [5.41, 5.74) is 0. The number of hydrogen-bond donors (Lipinski definition) is 0. The Morgan fingerprint density at radius 1 is 0.700 bits per heavy atom. The van der Waals surface area contributed by atoms with Gasteiger partial charge >= 0.3 is 35.6 Å². The first kappa shape index (κ1) is 22.8. The Balaban J connectivity index is -0.0000000257. The summed E-state index contributed by atoms with van der Waals surface area (Å²) in [7, 11) is 0. The van der Waals surface area contributed by atoms with Crippen LogP contribution in [0.2, 0.25) is 0 Å². The van der Waals surface area contributed by atoms with Crippen molar-refractivity contribution in [1.29, 1.82) is 0 Å². The molecular weight excluding hydrogens is 265 g/mol. The number of isocyanates is 3. The Morgan fingerprint density at radius 2 is 0.700 bits per heavy atom. The fourth-order valence-corrected chi connectivity index (χ4v) is 0. The van der Waals surface area contributed by atoms with E-state index in [1.807, 2.05) is 0 Å². The van der Waals surface area contributed by atoms with Crippen molar-refractivity contribution in [2.24, 2.45) is 0 Å². The molecule has 10 heavy (non-hydrogen) atoms. The molecular formula is C3LaN3O3. The van der Waals surface area contributed by atoms with Crippen LogP contribution in [0, 0.1) is 35.6 Å². The molecule has 0 aromatic carbocycles. The minimum Gasteiger partial charge on any atom is -0.724 e. The summed E-state index contributed by atoms with van der Waals surface area (Å²) in [4.78, 5) is 24.7. The molecule has 0 rings (SSSR count). The monoisotopic (exact) mass is 265 g/mol. The van der Waals surface area contributed by atoms with Gasteiger partial charge in [-0.15, -0.1) is 0 Å². The average Bonchev–Trinajstić information content (AvgIpc) is 1.70. The van der Waals surface area contributed by atoms with E-state index in [2.05, 4.69) is 0 Å². The van der Waals surface area contributed by atoms with Crippen molar-refractivity contribution in [3.63, 3.8) is 0 Å². The molecule has 0 saturated heterocycles. The minimum atomic E-state index is 0. The summed E-state index contributed by atoms with van der Waals surface area (Å²) >= 11 is 0. The molecule has 7 heteroatoms. The Morgan fingerprint density at radius 3 is 0.700 bits per heavy atom. The van der Waals surface area contributed by atoms with Gasteiger partial charge in [0.2, 0.25) is 0 Å². The van der Waals surface area contributed by atoms with E-state index >= 15 is 0 Å². The Hall–Kier alpha value is -0.665. The molecule has 0 aliphatic rings. The van der Waals surface area contributed by atoms with Gasteiger partial charge in [-0.25, -0.2) is 0 Å². The van der Waals surface area contributed by atoms with Crippen LogP contribution in [-0.2, 0) is 14.4 Å². The molecule has 0 aromatic heterocycles. The second-order valence-corrected chi connectivity index (χ2v) is 0.274. The molecule has 0 fully saturated rings. The van der Waals surface area contributed by atoms with Gasteiger partial charge in [-0.3, -0.25) is 14.4 Å². The van der Waals surface area contributed by atoms with Gasteiger partial charge < -0.3 is 16.2 Å². The van der Waals surface area contributed by atoms with Gasteiger partial charge in [-0.1, -0.05) is 0 Å². The number of rotatable bonds is 0. The van der Waals surface area contributed by atoms with Crippen molar-refractivity contribution in [3.05, 3.63) is 16.2 Å². The molecule has 0 bridgehead atoms. The zero-order valence-electron chi connectivity index (χ0n) is 4.64. The summed E-state index contributed by atoms with van der Waals surface area (Å²) in [6, 6.07) is 0. The first-order chi connectivity index (χ1) is 4.24. The van der Waals surface area contributed by atoms with E-state index in [0.29, 0.717) is 18.2 Å². The molecule has 0 atom stereocenters. The zero-order chi connectivity index (χ0) is 8.12. The van der Waals surface area contributed by atoms with E-state index in [4.69, 9.17) is 30.6 Å². The fraction of sp³-hybridized carbons (Fsp3) is 0. The molecule has 0 heterocycles. The molecule has 48 valence electrons. The van der Waals surface area contributed by atoms with Crippen molar-refractivity contribution in [2.75, 3.05) is 0 Å². The molecule has 0 radical (unpaired) electrons. The first-order valence-electron chi connectivity index (χ1n) is 1.28. The van der Waals surface area contributed by atoms with E-state index in [1.54, 1.807) is 0 Å². The van der Waals surface area contributed by atoms with Crippen LogP contribution < -0.4 is 0 Å². The zero-order valence-corrected chi connectivity index (χ0v) is 8.27. The smallest absolute Gasteiger partial charge is 0.724 e. The number of nitrogens with zero attached hydrogens (tertiary/aromatic N) is 3. The van der Waals surface area contributed by atoms with Gasteiger partial charge in [-0.2, -0.15) is 0 Å². The molecule has 0 amide bonds. The van der Waals surface area contributed by atoms with E-state index < -0.39 is 0 Å². The van der Waals surface area contributed by atoms with Gasteiger partial charge in [-0.05, 0) is 18.2 Å². The molecule has 0 aliphatic heterocycles. The normalized spacial score (nSPS) is 2.40. The maximum Gasteiger partial charge on any atom is 3.00 e. The topological polar surface area (TPSA) is 118 Å². The van der Waals surface area contributed by atoms with Crippen molar-refractivity contribution in [2.45, 2.75) is 0 Å². The fourth-order valence-electron chi connectivity index (χ4n) is 0. The Kier molecular flexibility index (Phi) is 187. The van der Waals surface area contributed by atoms with Gasteiger partial charge in [0.25, 0.3) is 0 Å². The third-order valence-electron chi connectivity index (χ3n) is 0. The predicted molar refractivity (Wildman–Crippen MR) is 27.2 cm³/mol. The summed E-state index contributed by atoms with van der Waals surface area (Å²) < 4.78 is 0. The molecule has 0 aromatic rings. The summed E-state index contributed by atoms with van der Waals surface area (Å²) in [5, 5.41) is 20.3. The second-order valence-electron chi connectivity index (χ2n) is 0.274. The molecule has 0 N–H and O–H groups in total. The predicted octanol–water partition coefficient (Wildman–Crippen LogP) is -0.325. The molecule has 0 aliphatic carbocycles. The second kappa shape index (κ2) is 82.3. The van der Waals surface area contributed by atoms with Crippen molar-refractivity contribution in [1.82, 2.24) is 0 Å². The van der Waals surface area contributed by atoms with Crippen LogP contribution >= 0.6 is 0 Å². The van der Waals surface area contributed by atoms with E-state index in [9.17, 15) is 0 Å². The quantitative estimate of drug-likeness (QED) is 0.440. The third kappa shape index (κ3) is 665. The Labute approximate surface area is 84.1 Å². The van der Waals surface area contributed by atoms with Crippen LogP contribution in [0.3, 0.4) is 0 Å². The SMILES string of the molecule is [La+3].[N-]=C=O.[N-]=C=O.[N-]=C=O. The molecule has 0 unspecified atom stereocenters. The van der Waals surface area contributed by atoms with Crippen LogP contribution in [0.5, 0.6) is 0 Å². The van der Waals surface area contributed by atoms with Crippen molar-refractivity contribution >= 4 is 18.2 Å². The Bertz CT molecular complexity index is 111. The number of hydrogen-bond acceptors (Lipinski definition) is 3. The van der Waals surface area contributed by atoms with Crippen LogP contribution in [-0.4, -0.2) is 18.2 Å². The largest absolute Gasteiger partial charge is 3.00 e. The third-order valence-corrected chi connectivity index (χ3v) is 0. The van der Waals surface area contributed by atoms with Crippen molar-refractivity contribution in [3.8, 4) is 0 Å². The van der Waals surface area contributed by atoms with Gasteiger partial charge in [0.15, 0.2) is 0 Å². The summed E-state index contributed by atoms with van der Waals surface area (Å²) in [6.45, 7) is 0. The summed E-state index contributed by atoms with van der Waals surface area (Å²) in [6.07, 6.45) is 1.50. The van der Waals surface area contributed by atoms with Crippen molar-refractivity contribution < 1.29 is 50.0 Å². The van der Waals surface area contributed by atoms with Crippen LogP contribution in [0.15, 0.2) is 0 Å². The van der Waals surface area contributed by atoms with E-state index in [-0.39, 0.29) is 35.6 Å². The minimum absolute atomic E-state index is 0. The van der Waals surface area contributed by atoms with E-state index in [1.165, 1.54) is 0 Å². The van der Waals surface area contributed by atoms with E-state index in [0.717, 1.165) is 0 Å². The van der Waals surface area contributed by atoms with Crippen LogP contribution in [0.25, 0.3) is 16.2 Å². The number of carbonyl (C=O) groups excluding carboxylic acids is 3. The maximum absolute atomic E-state index is 8.24. The standard InChI is InChI=1S/3CNO.La/c3*2-1-3;/q3*-1;+3. The van der Waals surface area contributed by atoms with Gasteiger partial charge in [0.05, 0.1) is 0 Å². The molecule has 6 nitrogen and oxygen atoms in total. The summed E-state index contributed by atoms with van der Waals surface area (Å²) in [5.74, 6) is 0. The molecule has 0 spiro atoms. The maximum atomic E-state index is 8.24. The first-order valence-corrected chi connectivity index (χ1v) is 1.28. The average molecular weight is 265 g/mol. The van der Waals surface area contributed by atoms with Crippen LogP contribution in [0.4, 0.5) is 0 Å².